The zero-order chi connectivity index (χ0) is 27.7. The molecule has 7 nitrogen and oxygen atoms in total. The molecule has 38 heavy (non-hydrogen) atoms. The van der Waals surface area contributed by atoms with Crippen molar-refractivity contribution in [3.8, 4) is 11.5 Å². The lowest BCUT2D eigenvalue weighted by Crippen LogP contribution is -2.42. The van der Waals surface area contributed by atoms with E-state index in [2.05, 4.69) is 47.4 Å². The van der Waals surface area contributed by atoms with Gasteiger partial charge in [-0.25, -0.2) is 0 Å². The van der Waals surface area contributed by atoms with Crippen LogP contribution in [0, 0.1) is 0 Å². The monoisotopic (exact) mass is 679 g/mol. The van der Waals surface area contributed by atoms with Gasteiger partial charge in [-0.3, -0.25) is 9.69 Å². The highest BCUT2D eigenvalue weighted by Gasteiger charge is 2.26. The molecule has 0 radical (unpaired) electrons. The standard InChI is InChI=1S/C28H36Cl2INO6/c1-19(33)38-25(14-29)18-37-27-20(15-31)12-22(13-26(27)30)28(2,3)21-4-6-24(7-5-21)36-17-23(34)16-32-8-10-35-11-9-32/h4-7,12-13,23,25,34H,8-11,14-18H2,1-3H3/t23-,25+/m1/s1. The summed E-state index contributed by atoms with van der Waals surface area (Å²) < 4.78 is 23.0. The Hall–Kier alpha value is -1.30. The Labute approximate surface area is 248 Å². The Balaban J connectivity index is 1.66. The van der Waals surface area contributed by atoms with Crippen molar-refractivity contribution in [3.05, 3.63) is 58.1 Å². The van der Waals surface area contributed by atoms with Crippen molar-refractivity contribution in [2.45, 2.75) is 42.8 Å². The summed E-state index contributed by atoms with van der Waals surface area (Å²) in [7, 11) is 0. The first kappa shape index (κ1) is 31.2. The zero-order valence-corrected chi connectivity index (χ0v) is 25.7. The molecular formula is C28H36Cl2INO6. The van der Waals surface area contributed by atoms with Crippen molar-refractivity contribution in [2.24, 2.45) is 0 Å². The van der Waals surface area contributed by atoms with E-state index in [0.717, 1.165) is 29.8 Å². The van der Waals surface area contributed by atoms with Crippen molar-refractivity contribution >= 4 is 51.8 Å². The van der Waals surface area contributed by atoms with Gasteiger partial charge in [0.25, 0.3) is 0 Å². The molecular weight excluding hydrogens is 644 g/mol. The molecule has 2 aromatic rings. The number of ether oxygens (including phenoxy) is 4. The predicted octanol–water partition coefficient (Wildman–Crippen LogP) is 5.22. The molecule has 1 heterocycles. The summed E-state index contributed by atoms with van der Waals surface area (Å²) in [6, 6.07) is 11.9. The SMILES string of the molecule is CC(=O)O[C@@H](CCl)COc1c(Cl)cc(C(C)(C)c2ccc(OC[C@H](O)CN3CCOCC3)cc2)cc1CI. The molecule has 0 saturated carbocycles. The number of hydrogen-bond donors (Lipinski definition) is 1. The number of nitrogens with zero attached hydrogens (tertiary/aromatic N) is 1. The molecule has 10 heteroatoms. The highest BCUT2D eigenvalue weighted by Crippen LogP contribution is 2.39. The number of esters is 1. The second-order valence-corrected chi connectivity index (χ2v) is 11.3. The smallest absolute Gasteiger partial charge is 0.303 e. The Morgan fingerprint density at radius 2 is 1.82 bits per heavy atom. The Kier molecular flexibility index (Phi) is 12.3. The van der Waals surface area contributed by atoms with Crippen LogP contribution in [0.5, 0.6) is 11.5 Å². The number of carbonyl (C=O) groups excluding carboxylic acids is 1. The highest BCUT2D eigenvalue weighted by atomic mass is 127. The molecule has 1 aliphatic heterocycles. The Morgan fingerprint density at radius 1 is 1.13 bits per heavy atom. The van der Waals surface area contributed by atoms with Crippen molar-refractivity contribution in [1.29, 1.82) is 0 Å². The largest absolute Gasteiger partial charge is 0.491 e. The number of β-amino-alcohol motifs (C(OH)–C–C–N with tert-alkyl or cyclic N) is 1. The molecule has 2 aromatic carbocycles. The maximum Gasteiger partial charge on any atom is 0.303 e. The molecule has 0 amide bonds. The third-order valence-corrected chi connectivity index (χ3v) is 7.94. The Morgan fingerprint density at radius 3 is 2.42 bits per heavy atom. The van der Waals surface area contributed by atoms with Gasteiger partial charge in [0.1, 0.15) is 36.9 Å². The fraction of sp³-hybridized carbons (Fsp3) is 0.536. The first-order valence-electron chi connectivity index (χ1n) is 12.6. The molecule has 0 aromatic heterocycles. The van der Waals surface area contributed by atoms with Gasteiger partial charge in [0.2, 0.25) is 0 Å². The summed E-state index contributed by atoms with van der Waals surface area (Å²) in [5, 5.41) is 10.8. The number of halogens is 3. The molecule has 0 aliphatic carbocycles. The average Bonchev–Trinajstić information content (AvgIpc) is 2.90. The number of hydrogen-bond acceptors (Lipinski definition) is 7. The van der Waals surface area contributed by atoms with Crippen molar-refractivity contribution in [3.63, 3.8) is 0 Å². The van der Waals surface area contributed by atoms with E-state index in [4.69, 9.17) is 42.1 Å². The van der Waals surface area contributed by atoms with E-state index < -0.39 is 18.2 Å². The van der Waals surface area contributed by atoms with Gasteiger partial charge in [0, 0.05) is 42.0 Å². The van der Waals surface area contributed by atoms with Crippen LogP contribution in [0.2, 0.25) is 5.02 Å². The number of rotatable bonds is 13. The van der Waals surface area contributed by atoms with Gasteiger partial charge in [0.15, 0.2) is 0 Å². The number of aliphatic hydroxyl groups is 1. The third kappa shape index (κ3) is 8.86. The highest BCUT2D eigenvalue weighted by molar-refractivity contribution is 14.1. The first-order chi connectivity index (χ1) is 18.1. The normalized spacial score (nSPS) is 16.1. The lowest BCUT2D eigenvalue weighted by molar-refractivity contribution is -0.146. The molecule has 0 unspecified atom stereocenters. The summed E-state index contributed by atoms with van der Waals surface area (Å²) in [5.74, 6) is 1.01. The molecule has 1 saturated heterocycles. The van der Waals surface area contributed by atoms with Gasteiger partial charge in [-0.1, -0.05) is 66.2 Å². The van der Waals surface area contributed by atoms with Crippen LogP contribution >= 0.6 is 45.8 Å². The van der Waals surface area contributed by atoms with Gasteiger partial charge in [-0.2, -0.15) is 0 Å². The van der Waals surface area contributed by atoms with Crippen molar-refractivity contribution in [1.82, 2.24) is 4.90 Å². The van der Waals surface area contributed by atoms with Crippen molar-refractivity contribution < 1.29 is 28.8 Å². The quantitative estimate of drug-likeness (QED) is 0.177. The van der Waals surface area contributed by atoms with E-state index in [9.17, 15) is 9.90 Å². The lowest BCUT2D eigenvalue weighted by Gasteiger charge is -2.29. The number of aliphatic hydroxyl groups excluding tert-OH is 1. The topological polar surface area (TPSA) is 77.5 Å². The van der Waals surface area contributed by atoms with Gasteiger partial charge >= 0.3 is 5.97 Å². The summed E-state index contributed by atoms with van der Waals surface area (Å²) in [6.45, 7) is 9.63. The van der Waals surface area contributed by atoms with Crippen LogP contribution in [0.3, 0.4) is 0 Å². The van der Waals surface area contributed by atoms with Crippen LogP contribution < -0.4 is 9.47 Å². The number of alkyl halides is 2. The average molecular weight is 680 g/mol. The molecule has 210 valence electrons. The maximum atomic E-state index is 11.3. The van der Waals surface area contributed by atoms with Crippen LogP contribution in [0.25, 0.3) is 0 Å². The van der Waals surface area contributed by atoms with Gasteiger partial charge in [-0.15, -0.1) is 11.6 Å². The second kappa shape index (κ2) is 14.9. The molecule has 2 atom stereocenters. The van der Waals surface area contributed by atoms with Gasteiger partial charge in [0.05, 0.1) is 24.1 Å². The van der Waals surface area contributed by atoms with E-state index in [1.165, 1.54) is 6.92 Å². The first-order valence-corrected chi connectivity index (χ1v) is 15.0. The van der Waals surface area contributed by atoms with Crippen LogP contribution in [0.15, 0.2) is 36.4 Å². The van der Waals surface area contributed by atoms with E-state index >= 15 is 0 Å². The second-order valence-electron chi connectivity index (χ2n) is 9.80. The third-order valence-electron chi connectivity index (χ3n) is 6.50. The fourth-order valence-electron chi connectivity index (χ4n) is 4.25. The van der Waals surface area contributed by atoms with Crippen molar-refractivity contribution in [2.75, 3.05) is 51.9 Å². The summed E-state index contributed by atoms with van der Waals surface area (Å²) >= 11 is 14.9. The van der Waals surface area contributed by atoms with E-state index in [-0.39, 0.29) is 24.5 Å². The predicted molar refractivity (Wildman–Crippen MR) is 158 cm³/mol. The van der Waals surface area contributed by atoms with Crippen LogP contribution in [-0.2, 0) is 24.1 Å². The maximum absolute atomic E-state index is 11.3. The lowest BCUT2D eigenvalue weighted by atomic mass is 9.77. The number of carbonyl (C=O) groups is 1. The summed E-state index contributed by atoms with van der Waals surface area (Å²) in [5.41, 5.74) is 2.75. The molecule has 1 fully saturated rings. The molecule has 1 aliphatic rings. The van der Waals surface area contributed by atoms with E-state index in [1.807, 2.05) is 30.3 Å². The fourth-order valence-corrected chi connectivity index (χ4v) is 5.27. The van der Waals surface area contributed by atoms with Crippen LogP contribution in [0.1, 0.15) is 37.5 Å². The van der Waals surface area contributed by atoms with E-state index in [0.29, 0.717) is 40.7 Å². The minimum Gasteiger partial charge on any atom is -0.491 e. The minimum atomic E-state index is -0.562. The van der Waals surface area contributed by atoms with Gasteiger partial charge < -0.3 is 24.1 Å². The minimum absolute atomic E-state index is 0.123. The van der Waals surface area contributed by atoms with Gasteiger partial charge in [-0.05, 0) is 29.3 Å². The Bertz CT molecular complexity index is 1050. The molecule has 0 spiro atoms. The summed E-state index contributed by atoms with van der Waals surface area (Å²) in [4.78, 5) is 13.5. The molecule has 0 bridgehead atoms. The molecule has 1 N–H and O–H groups in total. The number of benzene rings is 2. The van der Waals surface area contributed by atoms with Crippen LogP contribution in [-0.4, -0.2) is 80.1 Å². The van der Waals surface area contributed by atoms with E-state index in [1.54, 1.807) is 0 Å². The molecule has 3 rings (SSSR count). The number of morpholine rings is 1. The zero-order valence-electron chi connectivity index (χ0n) is 22.1. The summed E-state index contributed by atoms with van der Waals surface area (Å²) in [6.07, 6.45) is -1.11. The van der Waals surface area contributed by atoms with Crippen LogP contribution in [0.4, 0.5) is 0 Å².